The quantitative estimate of drug-likeness (QED) is 0.540. The number of nitrogens with one attached hydrogen (secondary N) is 1. The van der Waals surface area contributed by atoms with Crippen molar-refractivity contribution in [2.45, 2.75) is 6.92 Å². The maximum atomic E-state index is 8.94. The van der Waals surface area contributed by atoms with Gasteiger partial charge < -0.3 is 15.0 Å². The first kappa shape index (κ1) is 8.35. The molecule has 0 atom stereocenters. The normalized spacial score (nSPS) is 10.7. The van der Waals surface area contributed by atoms with Gasteiger partial charge in [0.25, 0.3) is 0 Å². The predicted octanol–water partition coefficient (Wildman–Crippen LogP) is 0.156. The van der Waals surface area contributed by atoms with Crippen LogP contribution in [0.1, 0.15) is 5.56 Å². The summed E-state index contributed by atoms with van der Waals surface area (Å²) in [6.45, 7) is 1.99. The first-order valence-corrected chi connectivity index (χ1v) is 4.13. The van der Waals surface area contributed by atoms with Gasteiger partial charge in [0.05, 0.1) is 0 Å². The number of fused-ring (bicyclic) bond motifs is 1. The van der Waals surface area contributed by atoms with Gasteiger partial charge >= 0.3 is 7.12 Å². The van der Waals surface area contributed by atoms with Crippen LogP contribution < -0.4 is 5.59 Å². The number of aryl methyl sites for hydroxylation is 1. The molecule has 66 valence electrons. The van der Waals surface area contributed by atoms with Crippen molar-refractivity contribution in [1.29, 1.82) is 0 Å². The highest BCUT2D eigenvalue weighted by atomic mass is 16.4. The number of rotatable bonds is 1. The van der Waals surface area contributed by atoms with Crippen molar-refractivity contribution in [2.75, 3.05) is 0 Å². The molecule has 2 aromatic rings. The van der Waals surface area contributed by atoms with Gasteiger partial charge in [-0.15, -0.1) is 0 Å². The van der Waals surface area contributed by atoms with E-state index in [1.807, 2.05) is 25.1 Å². The molecule has 0 aliphatic rings. The number of benzene rings is 1. The third-order valence-electron chi connectivity index (χ3n) is 2.18. The van der Waals surface area contributed by atoms with E-state index in [2.05, 4.69) is 4.98 Å². The zero-order valence-electron chi connectivity index (χ0n) is 7.28. The van der Waals surface area contributed by atoms with E-state index in [0.29, 0.717) is 5.59 Å². The van der Waals surface area contributed by atoms with Gasteiger partial charge in [-0.2, -0.15) is 0 Å². The lowest BCUT2D eigenvalue weighted by Gasteiger charge is -1.92. The van der Waals surface area contributed by atoms with E-state index in [4.69, 9.17) is 10.0 Å². The summed E-state index contributed by atoms with van der Waals surface area (Å²) in [7, 11) is -1.42. The standard InChI is InChI=1S/C9H10BNO2/c1-6-3-2-4-8-7(6)5-9(11-8)10(12)13/h2-5,11-13H,1H3. The van der Waals surface area contributed by atoms with Crippen LogP contribution in [0.4, 0.5) is 0 Å². The zero-order chi connectivity index (χ0) is 9.42. The fourth-order valence-electron chi connectivity index (χ4n) is 1.47. The summed E-state index contributed by atoms with van der Waals surface area (Å²) in [5, 5.41) is 18.9. The summed E-state index contributed by atoms with van der Waals surface area (Å²) >= 11 is 0. The molecular formula is C9H10BNO2. The lowest BCUT2D eigenvalue weighted by Crippen LogP contribution is -2.30. The summed E-state index contributed by atoms with van der Waals surface area (Å²) in [5.74, 6) is 0. The predicted molar refractivity (Wildman–Crippen MR) is 52.9 cm³/mol. The third-order valence-corrected chi connectivity index (χ3v) is 2.18. The molecule has 0 radical (unpaired) electrons. The van der Waals surface area contributed by atoms with E-state index < -0.39 is 7.12 Å². The van der Waals surface area contributed by atoms with Crippen LogP contribution in [0.5, 0.6) is 0 Å². The fraction of sp³-hybridized carbons (Fsp3) is 0.111. The van der Waals surface area contributed by atoms with Gasteiger partial charge in [0.15, 0.2) is 0 Å². The fourth-order valence-corrected chi connectivity index (χ4v) is 1.47. The van der Waals surface area contributed by atoms with Crippen molar-refractivity contribution in [3.8, 4) is 0 Å². The molecule has 1 aromatic carbocycles. The molecule has 0 fully saturated rings. The van der Waals surface area contributed by atoms with Crippen molar-refractivity contribution in [2.24, 2.45) is 0 Å². The van der Waals surface area contributed by atoms with E-state index in [9.17, 15) is 0 Å². The summed E-state index contributed by atoms with van der Waals surface area (Å²) in [6.07, 6.45) is 0. The lowest BCUT2D eigenvalue weighted by atomic mass is 9.86. The molecule has 0 bridgehead atoms. The average Bonchev–Trinajstić information content (AvgIpc) is 2.49. The maximum Gasteiger partial charge on any atom is 0.505 e. The zero-order valence-corrected chi connectivity index (χ0v) is 7.28. The number of H-pyrrole nitrogens is 1. The Kier molecular flexibility index (Phi) is 1.86. The Hall–Kier alpha value is -1.26. The first-order valence-electron chi connectivity index (χ1n) is 4.13. The largest absolute Gasteiger partial charge is 0.505 e. The second-order valence-corrected chi connectivity index (χ2v) is 3.13. The molecule has 0 aliphatic heterocycles. The molecule has 0 unspecified atom stereocenters. The minimum atomic E-state index is -1.42. The van der Waals surface area contributed by atoms with Crippen molar-refractivity contribution in [3.05, 3.63) is 29.8 Å². The number of hydrogen-bond donors (Lipinski definition) is 3. The van der Waals surface area contributed by atoms with Crippen LogP contribution in [-0.2, 0) is 0 Å². The highest BCUT2D eigenvalue weighted by Gasteiger charge is 2.13. The van der Waals surface area contributed by atoms with Crippen molar-refractivity contribution in [3.63, 3.8) is 0 Å². The average molecular weight is 175 g/mol. The highest BCUT2D eigenvalue weighted by molar-refractivity contribution is 6.58. The number of aromatic nitrogens is 1. The Labute approximate surface area is 76.2 Å². The van der Waals surface area contributed by atoms with Gasteiger partial charge in [0.1, 0.15) is 0 Å². The second-order valence-electron chi connectivity index (χ2n) is 3.13. The molecule has 13 heavy (non-hydrogen) atoms. The Morgan fingerprint density at radius 3 is 2.69 bits per heavy atom. The Balaban J connectivity index is 2.68. The second kappa shape index (κ2) is 2.90. The summed E-state index contributed by atoms with van der Waals surface area (Å²) < 4.78 is 0. The molecule has 2 rings (SSSR count). The van der Waals surface area contributed by atoms with Gasteiger partial charge in [-0.3, -0.25) is 0 Å². The molecule has 0 spiro atoms. The van der Waals surface area contributed by atoms with E-state index in [-0.39, 0.29) is 0 Å². The molecule has 0 aliphatic carbocycles. The van der Waals surface area contributed by atoms with Crippen LogP contribution in [0.15, 0.2) is 24.3 Å². The summed E-state index contributed by atoms with van der Waals surface area (Å²) in [5.41, 5.74) is 2.49. The molecular weight excluding hydrogens is 165 g/mol. The van der Waals surface area contributed by atoms with E-state index in [1.54, 1.807) is 6.07 Å². The van der Waals surface area contributed by atoms with Crippen LogP contribution in [0.25, 0.3) is 10.9 Å². The monoisotopic (exact) mass is 175 g/mol. The van der Waals surface area contributed by atoms with Gasteiger partial charge in [-0.1, -0.05) is 12.1 Å². The van der Waals surface area contributed by atoms with Crippen LogP contribution in [0, 0.1) is 6.92 Å². The van der Waals surface area contributed by atoms with Gasteiger partial charge in [-0.05, 0) is 24.6 Å². The minimum Gasteiger partial charge on any atom is -0.422 e. The van der Waals surface area contributed by atoms with Crippen LogP contribution in [0.2, 0.25) is 0 Å². The maximum absolute atomic E-state index is 8.94. The molecule has 3 nitrogen and oxygen atoms in total. The highest BCUT2D eigenvalue weighted by Crippen LogP contribution is 2.14. The van der Waals surface area contributed by atoms with Crippen molar-refractivity contribution < 1.29 is 10.0 Å². The first-order chi connectivity index (χ1) is 6.18. The van der Waals surface area contributed by atoms with Crippen molar-refractivity contribution >= 4 is 23.6 Å². The number of aromatic amines is 1. The Morgan fingerprint density at radius 1 is 1.31 bits per heavy atom. The lowest BCUT2D eigenvalue weighted by molar-refractivity contribution is 0.424. The Morgan fingerprint density at radius 2 is 2.08 bits per heavy atom. The molecule has 0 saturated heterocycles. The molecule has 0 saturated carbocycles. The van der Waals surface area contributed by atoms with Gasteiger partial charge in [0, 0.05) is 16.5 Å². The smallest absolute Gasteiger partial charge is 0.422 e. The topological polar surface area (TPSA) is 56.2 Å². The van der Waals surface area contributed by atoms with Gasteiger partial charge in [-0.25, -0.2) is 0 Å². The Bertz CT molecular complexity index is 436. The van der Waals surface area contributed by atoms with Crippen LogP contribution >= 0.6 is 0 Å². The SMILES string of the molecule is Cc1cccc2[nH]c(B(O)O)cc12. The molecule has 1 aromatic heterocycles. The minimum absolute atomic E-state index is 0.435. The van der Waals surface area contributed by atoms with E-state index >= 15 is 0 Å². The van der Waals surface area contributed by atoms with Crippen LogP contribution in [-0.4, -0.2) is 22.2 Å². The molecule has 4 heteroatoms. The van der Waals surface area contributed by atoms with E-state index in [1.165, 1.54) is 0 Å². The molecule has 1 heterocycles. The summed E-state index contributed by atoms with van der Waals surface area (Å²) in [4.78, 5) is 2.94. The summed E-state index contributed by atoms with van der Waals surface area (Å²) in [6, 6.07) is 7.59. The van der Waals surface area contributed by atoms with Crippen LogP contribution in [0.3, 0.4) is 0 Å². The van der Waals surface area contributed by atoms with Crippen molar-refractivity contribution in [1.82, 2.24) is 4.98 Å². The van der Waals surface area contributed by atoms with E-state index in [0.717, 1.165) is 16.5 Å². The molecule has 3 N–H and O–H groups in total. The third kappa shape index (κ3) is 1.34. The number of hydrogen-bond acceptors (Lipinski definition) is 2. The van der Waals surface area contributed by atoms with Gasteiger partial charge in [0.2, 0.25) is 0 Å². The molecule has 0 amide bonds.